The Labute approximate surface area is 133 Å². The molecule has 3 rings (SSSR count). The smallest absolute Gasteiger partial charge is 0.177 e. The summed E-state index contributed by atoms with van der Waals surface area (Å²) in [4.78, 5) is 10.9. The van der Waals surface area contributed by atoms with Gasteiger partial charge in [0.25, 0.3) is 0 Å². The third kappa shape index (κ3) is 3.08. The van der Waals surface area contributed by atoms with Crippen molar-refractivity contribution in [3.63, 3.8) is 0 Å². The Bertz CT molecular complexity index is 825. The first kappa shape index (κ1) is 15.9. The maximum absolute atomic E-state index is 10.9. The lowest BCUT2D eigenvalue weighted by Gasteiger charge is -2.02. The molecule has 5 nitrogen and oxygen atoms in total. The van der Waals surface area contributed by atoms with E-state index in [1.807, 2.05) is 35.8 Å². The van der Waals surface area contributed by atoms with E-state index in [-0.39, 0.29) is 5.11 Å². The molecule has 1 aromatic heterocycles. The minimum atomic E-state index is 0.116. The fourth-order valence-corrected chi connectivity index (χ4v) is 2.49. The lowest BCUT2D eigenvalue weighted by atomic mass is 10.1. The number of carbonyl (C=O) groups excluding carboxylic acids is 1. The average molecular weight is 314 g/mol. The SMILES string of the molecule is CCn1c2ccccc2c2cc(C=O)ccc21.NNC(N)=S. The molecule has 2 aromatic carbocycles. The highest BCUT2D eigenvalue weighted by Crippen LogP contribution is 2.29. The molecule has 1 heterocycles. The van der Waals surface area contributed by atoms with E-state index in [0.717, 1.165) is 23.8 Å². The van der Waals surface area contributed by atoms with Gasteiger partial charge in [-0.05, 0) is 43.4 Å². The van der Waals surface area contributed by atoms with E-state index in [0.29, 0.717) is 0 Å². The van der Waals surface area contributed by atoms with Crippen molar-refractivity contribution < 1.29 is 4.79 Å². The van der Waals surface area contributed by atoms with Crippen LogP contribution in [0.1, 0.15) is 17.3 Å². The molecule has 22 heavy (non-hydrogen) atoms. The number of nitrogens with two attached hydrogens (primary N) is 2. The van der Waals surface area contributed by atoms with Crippen LogP contribution in [0.2, 0.25) is 0 Å². The number of carbonyl (C=O) groups is 1. The second kappa shape index (κ2) is 7.02. The van der Waals surface area contributed by atoms with Crippen LogP contribution in [0.4, 0.5) is 0 Å². The van der Waals surface area contributed by atoms with Crippen LogP contribution in [0.25, 0.3) is 21.8 Å². The van der Waals surface area contributed by atoms with Crippen molar-refractivity contribution in [2.75, 3.05) is 0 Å². The molecule has 0 spiro atoms. The number of para-hydroxylation sites is 1. The molecule has 0 radical (unpaired) electrons. The number of thiocarbonyl (C=S) groups is 1. The van der Waals surface area contributed by atoms with Gasteiger partial charge in [-0.3, -0.25) is 4.79 Å². The fraction of sp³-hybridized carbons (Fsp3) is 0.125. The van der Waals surface area contributed by atoms with Gasteiger partial charge in [-0.1, -0.05) is 18.2 Å². The minimum Gasteiger partial charge on any atom is -0.375 e. The van der Waals surface area contributed by atoms with Gasteiger partial charge < -0.3 is 15.7 Å². The van der Waals surface area contributed by atoms with Crippen LogP contribution >= 0.6 is 12.2 Å². The van der Waals surface area contributed by atoms with Crippen LogP contribution in [0, 0.1) is 0 Å². The van der Waals surface area contributed by atoms with E-state index in [1.165, 1.54) is 16.4 Å². The molecular weight excluding hydrogens is 296 g/mol. The van der Waals surface area contributed by atoms with Gasteiger partial charge in [0.05, 0.1) is 0 Å². The molecule has 0 aliphatic heterocycles. The summed E-state index contributed by atoms with van der Waals surface area (Å²) in [6.07, 6.45) is 0.900. The standard InChI is InChI=1S/C15H13NO.CH5N3S/c1-2-16-14-6-4-3-5-12(14)13-9-11(10-17)7-8-15(13)16;2-1(5)4-3/h3-10H,2H2,1H3;3H2,(H3,2,4,5). The second-order valence-corrected chi connectivity index (χ2v) is 5.10. The molecule has 0 saturated carbocycles. The number of aromatic nitrogens is 1. The Hall–Kier alpha value is -2.44. The maximum Gasteiger partial charge on any atom is 0.177 e. The number of aldehydes is 1. The minimum absolute atomic E-state index is 0.116. The summed E-state index contributed by atoms with van der Waals surface area (Å²) in [5.41, 5.74) is 9.98. The van der Waals surface area contributed by atoms with Gasteiger partial charge in [0.15, 0.2) is 5.11 Å². The van der Waals surface area contributed by atoms with Crippen molar-refractivity contribution in [3.8, 4) is 0 Å². The number of hydrazine groups is 1. The molecule has 0 aliphatic carbocycles. The van der Waals surface area contributed by atoms with Crippen LogP contribution < -0.4 is 17.0 Å². The second-order valence-electron chi connectivity index (χ2n) is 4.66. The molecular formula is C16H18N4OS. The van der Waals surface area contributed by atoms with Crippen molar-refractivity contribution >= 4 is 45.4 Å². The molecule has 0 atom stereocenters. The quantitative estimate of drug-likeness (QED) is 0.292. The largest absolute Gasteiger partial charge is 0.375 e. The first-order chi connectivity index (χ1) is 10.6. The number of benzene rings is 2. The molecule has 0 bridgehead atoms. The van der Waals surface area contributed by atoms with Crippen LogP contribution in [0.15, 0.2) is 42.5 Å². The van der Waals surface area contributed by atoms with Crippen LogP contribution in [0.5, 0.6) is 0 Å². The van der Waals surface area contributed by atoms with Crippen LogP contribution in [0.3, 0.4) is 0 Å². The Morgan fingerprint density at radius 1 is 1.23 bits per heavy atom. The Morgan fingerprint density at radius 2 is 1.86 bits per heavy atom. The predicted molar refractivity (Wildman–Crippen MR) is 94.6 cm³/mol. The highest BCUT2D eigenvalue weighted by atomic mass is 32.1. The Morgan fingerprint density at radius 3 is 2.45 bits per heavy atom. The van der Waals surface area contributed by atoms with E-state index in [2.05, 4.69) is 41.7 Å². The lowest BCUT2D eigenvalue weighted by Crippen LogP contribution is -2.34. The van der Waals surface area contributed by atoms with Crippen LogP contribution in [-0.2, 0) is 6.54 Å². The van der Waals surface area contributed by atoms with Gasteiger partial charge >= 0.3 is 0 Å². The van der Waals surface area contributed by atoms with E-state index >= 15 is 0 Å². The van der Waals surface area contributed by atoms with Crippen LogP contribution in [-0.4, -0.2) is 16.0 Å². The molecule has 0 fully saturated rings. The normalized spacial score (nSPS) is 10.1. The summed E-state index contributed by atoms with van der Waals surface area (Å²) >= 11 is 4.24. The van der Waals surface area contributed by atoms with E-state index < -0.39 is 0 Å². The summed E-state index contributed by atoms with van der Waals surface area (Å²) in [5.74, 6) is 4.66. The molecule has 0 unspecified atom stereocenters. The fourth-order valence-electron chi connectivity index (χ4n) is 2.49. The predicted octanol–water partition coefficient (Wildman–Crippen LogP) is 2.32. The molecule has 0 saturated heterocycles. The number of nitrogens with zero attached hydrogens (tertiary/aromatic N) is 1. The van der Waals surface area contributed by atoms with Gasteiger partial charge in [0, 0.05) is 33.9 Å². The highest BCUT2D eigenvalue weighted by molar-refractivity contribution is 7.80. The van der Waals surface area contributed by atoms with Gasteiger partial charge in [-0.15, -0.1) is 0 Å². The molecule has 5 N–H and O–H groups in total. The number of hydrogen-bond donors (Lipinski definition) is 3. The Balaban J connectivity index is 0.000000309. The zero-order valence-corrected chi connectivity index (χ0v) is 13.1. The first-order valence-corrected chi connectivity index (χ1v) is 7.25. The van der Waals surface area contributed by atoms with Crippen molar-refractivity contribution in [1.29, 1.82) is 0 Å². The number of rotatable bonds is 2. The zero-order chi connectivity index (χ0) is 16.1. The summed E-state index contributed by atoms with van der Waals surface area (Å²) in [6.45, 7) is 3.07. The number of nitrogens with one attached hydrogen (secondary N) is 1. The summed E-state index contributed by atoms with van der Waals surface area (Å²) < 4.78 is 2.28. The van der Waals surface area contributed by atoms with Gasteiger partial charge in [0.1, 0.15) is 6.29 Å². The highest BCUT2D eigenvalue weighted by Gasteiger charge is 2.08. The third-order valence-corrected chi connectivity index (χ3v) is 3.51. The Kier molecular flexibility index (Phi) is 5.08. The summed E-state index contributed by atoms with van der Waals surface area (Å²) in [7, 11) is 0. The van der Waals surface area contributed by atoms with E-state index in [4.69, 9.17) is 5.73 Å². The molecule has 114 valence electrons. The van der Waals surface area contributed by atoms with Gasteiger partial charge in [0.2, 0.25) is 0 Å². The van der Waals surface area contributed by atoms with Gasteiger partial charge in [-0.2, -0.15) is 0 Å². The molecule has 0 amide bonds. The van der Waals surface area contributed by atoms with Crippen molar-refractivity contribution in [1.82, 2.24) is 9.99 Å². The van der Waals surface area contributed by atoms with E-state index in [1.54, 1.807) is 0 Å². The number of hydrogen-bond acceptors (Lipinski definition) is 3. The summed E-state index contributed by atoms with van der Waals surface area (Å²) in [5, 5.41) is 2.49. The monoisotopic (exact) mass is 314 g/mol. The van der Waals surface area contributed by atoms with Crippen molar-refractivity contribution in [2.24, 2.45) is 11.6 Å². The topological polar surface area (TPSA) is 86.1 Å². The maximum atomic E-state index is 10.9. The van der Waals surface area contributed by atoms with Crippen molar-refractivity contribution in [3.05, 3.63) is 48.0 Å². The molecule has 0 aliphatic rings. The summed E-state index contributed by atoms with van der Waals surface area (Å²) in [6, 6.07) is 14.2. The van der Waals surface area contributed by atoms with E-state index in [9.17, 15) is 4.79 Å². The zero-order valence-electron chi connectivity index (χ0n) is 12.2. The molecule has 3 aromatic rings. The molecule has 6 heteroatoms. The first-order valence-electron chi connectivity index (χ1n) is 6.84. The van der Waals surface area contributed by atoms with Gasteiger partial charge in [-0.25, -0.2) is 5.84 Å². The lowest BCUT2D eigenvalue weighted by molar-refractivity contribution is 0.112. The third-order valence-electron chi connectivity index (χ3n) is 3.39. The average Bonchev–Trinajstić information content (AvgIpc) is 2.88. The van der Waals surface area contributed by atoms with Crippen molar-refractivity contribution in [2.45, 2.75) is 13.5 Å². The number of aryl methyl sites for hydroxylation is 1. The number of fused-ring (bicyclic) bond motifs is 3.